The number of aromatic nitrogens is 2. The first-order chi connectivity index (χ1) is 45.1. The number of imide groups is 1. The standard InChI is InChI=1S/C64H76FN11O19/c1-8-64(91)41-25-46-57-39(28-76(46)60(87)40(41)30-94-62(64)89)55-43(14-13-38-33(4)42(65)26-45(72-57)54(38)55)73-63(90)95-47(36-9-11-37(12-10-36)70-58(85)34(5)68-59(86)56(32(2)3)69-35(6)77)27-67-48(78)16-15-44(61(88)74(7)29-53(83)84)71-50(80)31-93-24-23-92-22-20-66-49(79)19-21-75-51(81)17-18-52(75)82/h9-12,17-18,25-26,32,34,43-44,47,56,91H,8,13-16,19-24,27-31H2,1-7H3,(H,66,79)(H,67,78)(H,68,86)(H,69,77)(H,70,85)(H,71,80)(H,73,90)(H,83,84)/t34-,43-,44-,47?,56-,64-/m0/s1. The molecule has 2 aromatic carbocycles. The molecule has 1 unspecified atom stereocenters. The zero-order valence-electron chi connectivity index (χ0n) is 53.4. The molecule has 0 radical (unpaired) electrons. The van der Waals surface area contributed by atoms with Crippen molar-refractivity contribution in [2.24, 2.45) is 5.92 Å². The highest BCUT2D eigenvalue weighted by atomic mass is 19.1. The maximum atomic E-state index is 15.7. The molecule has 0 bridgehead atoms. The fourth-order valence-electron chi connectivity index (χ4n) is 11.6. The number of aliphatic hydroxyl groups is 1. The van der Waals surface area contributed by atoms with Crippen LogP contribution in [-0.2, 0) is 96.9 Å². The van der Waals surface area contributed by atoms with Gasteiger partial charge in [-0.1, -0.05) is 32.9 Å². The number of rotatable bonds is 30. The van der Waals surface area contributed by atoms with E-state index in [0.29, 0.717) is 27.6 Å². The van der Waals surface area contributed by atoms with E-state index in [0.717, 1.165) is 22.0 Å². The molecule has 0 fully saturated rings. The zero-order valence-corrected chi connectivity index (χ0v) is 53.4. The third-order valence-electron chi connectivity index (χ3n) is 16.7. The molecule has 3 aliphatic heterocycles. The number of likely N-dealkylation sites (N-methyl/N-ethyl adjacent to an activating group) is 1. The minimum atomic E-state index is -2.14. The van der Waals surface area contributed by atoms with Crippen LogP contribution >= 0.6 is 0 Å². The van der Waals surface area contributed by atoms with E-state index in [4.69, 9.17) is 23.9 Å². The summed E-state index contributed by atoms with van der Waals surface area (Å²) in [7, 11) is 1.19. The maximum Gasteiger partial charge on any atom is 0.408 e. The van der Waals surface area contributed by atoms with E-state index in [1.165, 1.54) is 61.9 Å². The van der Waals surface area contributed by atoms with Crippen molar-refractivity contribution in [1.82, 2.24) is 51.3 Å². The Kier molecular flexibility index (Phi) is 23.0. The molecule has 5 heterocycles. The number of aryl methyl sites for hydroxylation is 1. The summed E-state index contributed by atoms with van der Waals surface area (Å²) in [4.78, 5) is 174. The molecule has 4 aliphatic rings. The van der Waals surface area contributed by atoms with Crippen LogP contribution in [0.1, 0.15) is 118 Å². The average Bonchev–Trinajstić information content (AvgIpc) is 1.62. The molecule has 4 aromatic rings. The van der Waals surface area contributed by atoms with Gasteiger partial charge in [0.25, 0.3) is 17.4 Å². The summed E-state index contributed by atoms with van der Waals surface area (Å²) in [6, 6.07) is 4.42. The predicted octanol–water partition coefficient (Wildman–Crippen LogP) is 0.975. The lowest BCUT2D eigenvalue weighted by Gasteiger charge is -2.31. The highest BCUT2D eigenvalue weighted by Gasteiger charge is 2.46. The van der Waals surface area contributed by atoms with Crippen LogP contribution < -0.4 is 42.8 Å². The van der Waals surface area contributed by atoms with Gasteiger partial charge in [0.2, 0.25) is 41.4 Å². The number of carboxylic acids is 1. The number of carbonyl (C=O) groups excluding carboxylic acids is 11. The Morgan fingerprint density at radius 1 is 0.863 bits per heavy atom. The van der Waals surface area contributed by atoms with Gasteiger partial charge < -0.3 is 75.8 Å². The summed E-state index contributed by atoms with van der Waals surface area (Å²) in [6.45, 7) is 7.08. The Hall–Kier alpha value is -10.0. The fourth-order valence-corrected chi connectivity index (χ4v) is 11.6. The zero-order chi connectivity index (χ0) is 69.2. The molecule has 1 aliphatic carbocycles. The van der Waals surface area contributed by atoms with E-state index < -0.39 is 145 Å². The van der Waals surface area contributed by atoms with E-state index in [2.05, 4.69) is 37.2 Å². The molecule has 30 nitrogen and oxygen atoms in total. The van der Waals surface area contributed by atoms with Crippen LogP contribution in [0, 0.1) is 18.7 Å². The SMILES string of the molecule is CC[C@@]1(O)C(=O)OCc2c1cc1n(c2=O)Cc2c-1nc1cc(F)c(C)c3c1c2[C@@H](NC(=O)OC(CNC(=O)CC[C@H](NC(=O)COCCOCCNC(=O)CCN1C(=O)C=CC1=O)C(=O)N(C)CC(=O)O)c1ccc(NC(=O)[C@H](C)NC(=O)[C@@H](NC(C)=O)C(C)C)cc1)CC3. The number of hydrogen-bond donors (Lipinski definition) is 9. The van der Waals surface area contributed by atoms with Crippen LogP contribution in [0.15, 0.2) is 53.3 Å². The van der Waals surface area contributed by atoms with Crippen molar-refractivity contribution in [3.05, 3.63) is 104 Å². The summed E-state index contributed by atoms with van der Waals surface area (Å²) >= 11 is 0. The van der Waals surface area contributed by atoms with Crippen molar-refractivity contribution >= 4 is 87.8 Å². The third kappa shape index (κ3) is 16.7. The van der Waals surface area contributed by atoms with Gasteiger partial charge in [-0.3, -0.25) is 57.6 Å². The van der Waals surface area contributed by atoms with Crippen LogP contribution in [0.25, 0.3) is 22.3 Å². The number of aliphatic carboxylic acids is 1. The number of anilines is 1. The monoisotopic (exact) mass is 1320 g/mol. The first-order valence-electron chi connectivity index (χ1n) is 30.9. The van der Waals surface area contributed by atoms with Gasteiger partial charge in [-0.15, -0.1) is 0 Å². The van der Waals surface area contributed by atoms with E-state index in [-0.39, 0.29) is 123 Å². The lowest BCUT2D eigenvalue weighted by Crippen LogP contribution is -2.53. The number of hydrogen-bond acceptors (Lipinski definition) is 19. The molecular formula is C64H76FN11O19. The van der Waals surface area contributed by atoms with Gasteiger partial charge in [0.05, 0.1) is 61.4 Å². The largest absolute Gasteiger partial charge is 0.480 e. The third-order valence-corrected chi connectivity index (χ3v) is 16.7. The van der Waals surface area contributed by atoms with Crippen molar-refractivity contribution in [1.29, 1.82) is 0 Å². The second kappa shape index (κ2) is 30.8. The molecule has 0 saturated heterocycles. The molecule has 9 N–H and O–H groups in total. The second-order valence-corrected chi connectivity index (χ2v) is 23.7. The quantitative estimate of drug-likeness (QED) is 0.0176. The number of amides is 10. The average molecular weight is 1320 g/mol. The van der Waals surface area contributed by atoms with Crippen LogP contribution in [0.3, 0.4) is 0 Å². The predicted molar refractivity (Wildman–Crippen MR) is 332 cm³/mol. The molecular weight excluding hydrogens is 1250 g/mol. The fraction of sp³-hybridized carbons (Fsp3) is 0.469. The lowest BCUT2D eigenvalue weighted by molar-refractivity contribution is -0.172. The number of benzene rings is 2. The topological polar surface area (TPSA) is 408 Å². The maximum absolute atomic E-state index is 15.7. The van der Waals surface area contributed by atoms with Gasteiger partial charge in [-0.2, -0.15) is 0 Å². The number of nitrogens with zero attached hydrogens (tertiary/aromatic N) is 4. The van der Waals surface area contributed by atoms with E-state index in [9.17, 15) is 72.5 Å². The molecule has 8 rings (SSSR count). The smallest absolute Gasteiger partial charge is 0.408 e. The molecule has 0 saturated carbocycles. The number of carbonyl (C=O) groups is 12. The number of esters is 1. The van der Waals surface area contributed by atoms with E-state index >= 15 is 4.39 Å². The van der Waals surface area contributed by atoms with E-state index in [1.54, 1.807) is 27.7 Å². The number of alkyl carbamates (subject to hydrolysis) is 1. The van der Waals surface area contributed by atoms with Gasteiger partial charge in [0.15, 0.2) is 5.60 Å². The molecule has 0 spiro atoms. The van der Waals surface area contributed by atoms with Crippen molar-refractivity contribution in [2.45, 2.75) is 129 Å². The normalized spacial score (nSPS) is 17.1. The number of nitrogens with one attached hydrogen (secondary N) is 7. The van der Waals surface area contributed by atoms with Crippen molar-refractivity contribution in [3.63, 3.8) is 0 Å². The Labute approximate surface area is 543 Å². The molecule has 10 amide bonds. The van der Waals surface area contributed by atoms with Crippen molar-refractivity contribution < 1.29 is 91.1 Å². The molecule has 31 heteroatoms. The Balaban J connectivity index is 0.962. The van der Waals surface area contributed by atoms with Crippen LogP contribution in [0.4, 0.5) is 14.9 Å². The highest BCUT2D eigenvalue weighted by Crippen LogP contribution is 2.46. The summed E-state index contributed by atoms with van der Waals surface area (Å²) in [6.07, 6.45) is -0.640. The summed E-state index contributed by atoms with van der Waals surface area (Å²) in [5.74, 6) is -8.58. The van der Waals surface area contributed by atoms with Crippen LogP contribution in [0.5, 0.6) is 0 Å². The minimum Gasteiger partial charge on any atom is -0.480 e. The number of ether oxygens (including phenoxy) is 4. The number of fused-ring (bicyclic) bond motifs is 5. The molecule has 95 heavy (non-hydrogen) atoms. The first-order valence-corrected chi connectivity index (χ1v) is 30.9. The van der Waals surface area contributed by atoms with Gasteiger partial charge in [0.1, 0.15) is 49.8 Å². The van der Waals surface area contributed by atoms with Crippen molar-refractivity contribution in [2.75, 3.05) is 65.0 Å². The van der Waals surface area contributed by atoms with Crippen LogP contribution in [0.2, 0.25) is 0 Å². The second-order valence-electron chi connectivity index (χ2n) is 23.7. The van der Waals surface area contributed by atoms with Gasteiger partial charge in [0, 0.05) is 80.3 Å². The minimum absolute atomic E-state index is 0.0212. The van der Waals surface area contributed by atoms with Gasteiger partial charge in [-0.05, 0) is 85.9 Å². The Morgan fingerprint density at radius 3 is 2.23 bits per heavy atom. The van der Waals surface area contributed by atoms with Crippen molar-refractivity contribution in [3.8, 4) is 11.4 Å². The molecule has 2 aromatic heterocycles. The Bertz CT molecular complexity index is 3820. The van der Waals surface area contributed by atoms with Gasteiger partial charge in [-0.25, -0.2) is 19.0 Å². The molecule has 508 valence electrons. The number of halogens is 1. The summed E-state index contributed by atoms with van der Waals surface area (Å²) in [5, 5.41) is 40.1. The summed E-state index contributed by atoms with van der Waals surface area (Å²) < 4.78 is 39.4. The Morgan fingerprint density at radius 2 is 1.56 bits per heavy atom. The van der Waals surface area contributed by atoms with E-state index in [1.807, 2.05) is 0 Å². The lowest BCUT2D eigenvalue weighted by atomic mass is 9.81. The van der Waals surface area contributed by atoms with Crippen LogP contribution in [-0.4, -0.2) is 179 Å². The highest BCUT2D eigenvalue weighted by molar-refractivity contribution is 6.13. The number of pyridine rings is 2. The molecule has 6 atom stereocenters. The number of carboxylic acid groups (broad SMARTS) is 1. The number of cyclic esters (lactones) is 1. The first kappa shape index (κ1) is 70.9. The van der Waals surface area contributed by atoms with Gasteiger partial charge >= 0.3 is 18.0 Å². The summed E-state index contributed by atoms with van der Waals surface area (Å²) in [5.41, 5.74) is 0.691.